The smallest absolute Gasteiger partial charge is 0.257 e. The van der Waals surface area contributed by atoms with Crippen molar-refractivity contribution >= 4 is 10.9 Å². The lowest BCUT2D eigenvalue weighted by Crippen LogP contribution is -2.39. The van der Waals surface area contributed by atoms with Crippen LogP contribution in [0.25, 0.3) is 10.9 Å². The third kappa shape index (κ3) is 3.76. The Morgan fingerprint density at radius 2 is 1.90 bits per heavy atom. The molecule has 158 valence electrons. The lowest BCUT2D eigenvalue weighted by molar-refractivity contribution is 0.0976. The first kappa shape index (κ1) is 19.4. The van der Waals surface area contributed by atoms with Crippen LogP contribution in [0.4, 0.5) is 0 Å². The van der Waals surface area contributed by atoms with E-state index in [0.717, 1.165) is 37.2 Å². The Kier molecular flexibility index (Phi) is 5.34. The molecule has 1 aliphatic heterocycles. The molecule has 3 heterocycles. The summed E-state index contributed by atoms with van der Waals surface area (Å²) < 4.78 is 10.5. The van der Waals surface area contributed by atoms with Gasteiger partial charge in [0.25, 0.3) is 5.56 Å². The van der Waals surface area contributed by atoms with Gasteiger partial charge in [-0.25, -0.2) is 4.98 Å². The van der Waals surface area contributed by atoms with Crippen LogP contribution in [0.3, 0.4) is 0 Å². The molecule has 5 rings (SSSR count). The first-order chi connectivity index (χ1) is 14.7. The topological polar surface area (TPSA) is 52.3 Å². The van der Waals surface area contributed by atoms with Gasteiger partial charge in [-0.3, -0.25) is 9.69 Å². The predicted octanol–water partition coefficient (Wildman–Crippen LogP) is 3.89. The molecule has 0 spiro atoms. The van der Waals surface area contributed by atoms with E-state index < -0.39 is 0 Å². The number of rotatable bonds is 5. The number of benzene rings is 1. The summed E-state index contributed by atoms with van der Waals surface area (Å²) in [5.41, 5.74) is 2.10. The second-order valence-electron chi connectivity index (χ2n) is 8.78. The van der Waals surface area contributed by atoms with Crippen LogP contribution in [0.1, 0.15) is 50.1 Å². The van der Waals surface area contributed by atoms with Crippen molar-refractivity contribution in [2.45, 2.75) is 57.2 Å². The Labute approximate surface area is 177 Å². The molecule has 0 atom stereocenters. The fourth-order valence-electron chi connectivity index (χ4n) is 5.04. The highest BCUT2D eigenvalue weighted by molar-refractivity contribution is 5.86. The summed E-state index contributed by atoms with van der Waals surface area (Å²) in [6, 6.07) is 9.30. The van der Waals surface area contributed by atoms with E-state index in [1.807, 2.05) is 0 Å². The maximum Gasteiger partial charge on any atom is 0.257 e. The normalized spacial score (nSPS) is 19.0. The number of nitrogens with zero attached hydrogens (tertiary/aromatic N) is 4. The van der Waals surface area contributed by atoms with E-state index >= 15 is 0 Å². The lowest BCUT2D eigenvalue weighted by Gasteiger charge is -2.32. The Bertz CT molecular complexity index is 1070. The van der Waals surface area contributed by atoms with Gasteiger partial charge in [0.15, 0.2) is 0 Å². The number of piperidine rings is 1. The van der Waals surface area contributed by atoms with E-state index in [9.17, 15) is 4.79 Å². The molecule has 0 radical (unpaired) electrons. The second-order valence-corrected chi connectivity index (χ2v) is 8.78. The molecule has 6 nitrogen and oxygen atoms in total. The van der Waals surface area contributed by atoms with Gasteiger partial charge >= 0.3 is 0 Å². The van der Waals surface area contributed by atoms with Crippen molar-refractivity contribution in [2.24, 2.45) is 7.05 Å². The molecule has 2 aromatic heterocycles. The van der Waals surface area contributed by atoms with Crippen molar-refractivity contribution in [3.05, 3.63) is 58.9 Å². The van der Waals surface area contributed by atoms with Gasteiger partial charge in [-0.1, -0.05) is 18.9 Å². The molecular weight excluding hydrogens is 376 g/mol. The van der Waals surface area contributed by atoms with Crippen molar-refractivity contribution in [3.8, 4) is 5.75 Å². The third-order valence-electron chi connectivity index (χ3n) is 6.73. The van der Waals surface area contributed by atoms with Crippen LogP contribution in [0.15, 0.2) is 47.8 Å². The van der Waals surface area contributed by atoms with Crippen molar-refractivity contribution in [3.63, 3.8) is 0 Å². The van der Waals surface area contributed by atoms with E-state index in [2.05, 4.69) is 44.9 Å². The molecule has 0 amide bonds. The van der Waals surface area contributed by atoms with E-state index in [0.29, 0.717) is 12.6 Å². The van der Waals surface area contributed by atoms with E-state index in [1.54, 1.807) is 24.1 Å². The zero-order chi connectivity index (χ0) is 20.5. The Hall–Kier alpha value is -2.60. The first-order valence-electron chi connectivity index (χ1n) is 11.2. The van der Waals surface area contributed by atoms with Gasteiger partial charge < -0.3 is 13.9 Å². The van der Waals surface area contributed by atoms with Gasteiger partial charge in [-0.15, -0.1) is 0 Å². The monoisotopic (exact) mass is 406 g/mol. The SMILES string of the molecule is Cn1cncc(CN2CCC(Oc3cccc4c3ccn4C3CCCC3)CC2)c1=O. The minimum atomic E-state index is 0.0434. The maximum absolute atomic E-state index is 12.2. The lowest BCUT2D eigenvalue weighted by atomic mass is 10.1. The van der Waals surface area contributed by atoms with Gasteiger partial charge in [0.2, 0.25) is 0 Å². The Balaban J connectivity index is 1.24. The third-order valence-corrected chi connectivity index (χ3v) is 6.73. The van der Waals surface area contributed by atoms with E-state index in [4.69, 9.17) is 4.74 Å². The van der Waals surface area contributed by atoms with Gasteiger partial charge in [-0.05, 0) is 43.9 Å². The highest BCUT2D eigenvalue weighted by Gasteiger charge is 2.23. The predicted molar refractivity (Wildman–Crippen MR) is 118 cm³/mol. The number of hydrogen-bond acceptors (Lipinski definition) is 4. The van der Waals surface area contributed by atoms with Crippen molar-refractivity contribution < 1.29 is 4.74 Å². The molecule has 1 saturated heterocycles. The Morgan fingerprint density at radius 3 is 2.70 bits per heavy atom. The Morgan fingerprint density at radius 1 is 1.10 bits per heavy atom. The van der Waals surface area contributed by atoms with Gasteiger partial charge in [0, 0.05) is 56.1 Å². The molecule has 0 N–H and O–H groups in total. The van der Waals surface area contributed by atoms with Crippen molar-refractivity contribution in [1.82, 2.24) is 19.0 Å². The van der Waals surface area contributed by atoms with Crippen LogP contribution in [0.2, 0.25) is 0 Å². The summed E-state index contributed by atoms with van der Waals surface area (Å²) >= 11 is 0. The van der Waals surface area contributed by atoms with Crippen LogP contribution >= 0.6 is 0 Å². The summed E-state index contributed by atoms with van der Waals surface area (Å²) in [5, 5.41) is 1.23. The fourth-order valence-corrected chi connectivity index (χ4v) is 5.04. The maximum atomic E-state index is 12.2. The summed E-state index contributed by atoms with van der Waals surface area (Å²) in [5.74, 6) is 1.00. The van der Waals surface area contributed by atoms with Crippen molar-refractivity contribution in [1.29, 1.82) is 0 Å². The standard InChI is InChI=1S/C24H30N4O2/c1-26-17-25-15-18(24(26)29)16-27-12-9-20(10-13-27)30-23-8-4-7-22-21(23)11-14-28(22)19-5-2-3-6-19/h4,7-8,11,14-15,17,19-20H,2-3,5-6,9-10,12-13,16H2,1H3. The average molecular weight is 407 g/mol. The quantitative estimate of drug-likeness (QED) is 0.645. The van der Waals surface area contributed by atoms with E-state index in [-0.39, 0.29) is 11.7 Å². The van der Waals surface area contributed by atoms with Crippen LogP contribution in [-0.4, -0.2) is 38.2 Å². The van der Waals surface area contributed by atoms with Crippen LogP contribution < -0.4 is 10.3 Å². The van der Waals surface area contributed by atoms with Gasteiger partial charge in [0.1, 0.15) is 11.9 Å². The average Bonchev–Trinajstić information content (AvgIpc) is 3.43. The second kappa shape index (κ2) is 8.26. The largest absolute Gasteiger partial charge is 0.490 e. The molecule has 2 fully saturated rings. The molecule has 2 aliphatic rings. The molecule has 1 saturated carbocycles. The fraction of sp³-hybridized carbons (Fsp3) is 0.500. The molecule has 1 aromatic carbocycles. The van der Waals surface area contributed by atoms with Gasteiger partial charge in [-0.2, -0.15) is 0 Å². The minimum absolute atomic E-state index is 0.0434. The number of likely N-dealkylation sites (tertiary alicyclic amines) is 1. The molecule has 3 aromatic rings. The minimum Gasteiger partial charge on any atom is -0.490 e. The summed E-state index contributed by atoms with van der Waals surface area (Å²) in [4.78, 5) is 18.7. The van der Waals surface area contributed by atoms with Crippen LogP contribution in [0.5, 0.6) is 5.75 Å². The number of ether oxygens (including phenoxy) is 1. The summed E-state index contributed by atoms with van der Waals surface area (Å²) in [6.07, 6.45) is 12.9. The van der Waals surface area contributed by atoms with Crippen molar-refractivity contribution in [2.75, 3.05) is 13.1 Å². The number of aromatic nitrogens is 3. The van der Waals surface area contributed by atoms with E-state index in [1.165, 1.54) is 36.6 Å². The van der Waals surface area contributed by atoms with Crippen LogP contribution in [-0.2, 0) is 13.6 Å². The zero-order valence-electron chi connectivity index (χ0n) is 17.7. The summed E-state index contributed by atoms with van der Waals surface area (Å²) in [7, 11) is 1.75. The molecule has 0 bridgehead atoms. The van der Waals surface area contributed by atoms with Crippen LogP contribution in [0, 0.1) is 0 Å². The zero-order valence-corrected chi connectivity index (χ0v) is 17.7. The number of hydrogen-bond donors (Lipinski definition) is 0. The molecular formula is C24H30N4O2. The molecule has 0 unspecified atom stereocenters. The highest BCUT2D eigenvalue weighted by atomic mass is 16.5. The highest BCUT2D eigenvalue weighted by Crippen LogP contribution is 2.36. The number of aryl methyl sites for hydroxylation is 1. The molecule has 30 heavy (non-hydrogen) atoms. The van der Waals surface area contributed by atoms with Gasteiger partial charge in [0.05, 0.1) is 11.8 Å². The number of fused-ring (bicyclic) bond motifs is 1. The molecule has 1 aliphatic carbocycles. The molecule has 6 heteroatoms. The summed E-state index contributed by atoms with van der Waals surface area (Å²) in [6.45, 7) is 2.52. The first-order valence-corrected chi connectivity index (χ1v) is 11.2.